The van der Waals surface area contributed by atoms with E-state index in [2.05, 4.69) is 30.7 Å². The molecule has 0 unspecified atom stereocenters. The van der Waals surface area contributed by atoms with Crippen molar-refractivity contribution in [3.05, 3.63) is 41.1 Å². The van der Waals surface area contributed by atoms with Gasteiger partial charge in [-0.3, -0.25) is 9.59 Å². The van der Waals surface area contributed by atoms with Crippen molar-refractivity contribution in [1.82, 2.24) is 35.5 Å². The first-order valence-electron chi connectivity index (χ1n) is 14.3. The summed E-state index contributed by atoms with van der Waals surface area (Å²) >= 11 is 0. The monoisotopic (exact) mass is 555 g/mol. The van der Waals surface area contributed by atoms with Crippen LogP contribution in [0.2, 0.25) is 0 Å². The van der Waals surface area contributed by atoms with E-state index >= 15 is 0 Å². The Kier molecular flexibility index (Phi) is 7.03. The van der Waals surface area contributed by atoms with Crippen LogP contribution in [0.5, 0.6) is 0 Å². The summed E-state index contributed by atoms with van der Waals surface area (Å²) in [5.41, 5.74) is 2.39. The third-order valence-electron chi connectivity index (χ3n) is 9.09. The Morgan fingerprint density at radius 2 is 1.75 bits per heavy atom. The highest BCUT2D eigenvalue weighted by atomic mass is 19.3. The second kappa shape index (κ2) is 10.5. The summed E-state index contributed by atoms with van der Waals surface area (Å²) in [7, 11) is 0. The maximum atomic E-state index is 14.0. The molecule has 2 amide bonds. The van der Waals surface area contributed by atoms with Crippen LogP contribution < -0.4 is 10.6 Å². The number of hydrogen-bond donors (Lipinski definition) is 2. The molecule has 3 aromatic heterocycles. The maximum Gasteiger partial charge on any atom is 0.276 e. The lowest BCUT2D eigenvalue weighted by Gasteiger charge is -2.33. The van der Waals surface area contributed by atoms with Gasteiger partial charge >= 0.3 is 0 Å². The molecular formula is C28H35F2N7O3. The van der Waals surface area contributed by atoms with Gasteiger partial charge in [-0.05, 0) is 80.0 Å². The summed E-state index contributed by atoms with van der Waals surface area (Å²) in [6, 6.07) is 1.17. The number of nitrogens with zero attached hydrogens (tertiary/aromatic N) is 5. The minimum absolute atomic E-state index is 0.0134. The predicted molar refractivity (Wildman–Crippen MR) is 139 cm³/mol. The highest BCUT2D eigenvalue weighted by molar-refractivity contribution is 5.93. The molecule has 0 radical (unpaired) electrons. The van der Waals surface area contributed by atoms with E-state index in [9.17, 15) is 18.4 Å². The molecule has 40 heavy (non-hydrogen) atoms. The number of halogens is 2. The van der Waals surface area contributed by atoms with Gasteiger partial charge in [-0.2, -0.15) is 5.10 Å². The number of carbonyl (C=O) groups is 2. The van der Waals surface area contributed by atoms with Crippen molar-refractivity contribution in [2.45, 2.75) is 89.6 Å². The van der Waals surface area contributed by atoms with Gasteiger partial charge in [0.2, 0.25) is 11.8 Å². The number of nitrogens with one attached hydrogen (secondary N) is 2. The number of rotatable bonds is 9. The molecule has 0 aromatic carbocycles. The number of aryl methyl sites for hydroxylation is 1. The van der Waals surface area contributed by atoms with Crippen molar-refractivity contribution in [3.63, 3.8) is 0 Å². The van der Waals surface area contributed by atoms with Crippen LogP contribution in [0.1, 0.15) is 104 Å². The first-order valence-corrected chi connectivity index (χ1v) is 14.3. The third-order valence-corrected chi connectivity index (χ3v) is 9.09. The number of carbonyl (C=O) groups excluding carboxylic acids is 2. The number of alkyl halides is 2. The van der Waals surface area contributed by atoms with Crippen molar-refractivity contribution in [2.75, 3.05) is 0 Å². The molecule has 3 fully saturated rings. The van der Waals surface area contributed by atoms with E-state index in [1.807, 2.05) is 13.0 Å². The molecule has 3 atom stereocenters. The van der Waals surface area contributed by atoms with Crippen LogP contribution in [-0.4, -0.2) is 42.6 Å². The fraction of sp³-hybridized carbons (Fsp3) is 0.643. The van der Waals surface area contributed by atoms with E-state index in [-0.39, 0.29) is 55.2 Å². The molecular weight excluding hydrogens is 520 g/mol. The van der Waals surface area contributed by atoms with Crippen LogP contribution >= 0.6 is 0 Å². The lowest BCUT2D eigenvalue weighted by Crippen LogP contribution is -2.38. The Bertz CT molecular complexity index is 1390. The summed E-state index contributed by atoms with van der Waals surface area (Å²) < 4.78 is 34.2. The Hall–Kier alpha value is -3.44. The highest BCUT2D eigenvalue weighted by Gasteiger charge is 2.40. The molecule has 0 saturated heterocycles. The van der Waals surface area contributed by atoms with E-state index in [0.29, 0.717) is 28.9 Å². The topological polar surface area (TPSA) is 127 Å². The van der Waals surface area contributed by atoms with Crippen LogP contribution in [0, 0.1) is 30.6 Å². The van der Waals surface area contributed by atoms with Gasteiger partial charge < -0.3 is 10.6 Å². The van der Waals surface area contributed by atoms with E-state index in [0.717, 1.165) is 31.2 Å². The number of aromatic nitrogens is 5. The standard InChI is InChI=1S/C28H35F2N7O3/c1-15(17-4-3-5-17)26(38)33-24(18-6-7-18)20-12-22-32-21(14-37(22)31-13-20)25(19-8-10-28(29,30)11-9-19)34-27(39)23-16(2)35-40-36-23/h12-15,17-19,24-25H,3-11H2,1-2H3,(H,33,38)(H,34,39)/t15-,24-,25+/m1/s1. The van der Waals surface area contributed by atoms with Crippen molar-refractivity contribution in [3.8, 4) is 0 Å². The molecule has 3 heterocycles. The molecule has 0 aliphatic heterocycles. The van der Waals surface area contributed by atoms with Crippen molar-refractivity contribution in [1.29, 1.82) is 0 Å². The van der Waals surface area contributed by atoms with E-state index < -0.39 is 17.9 Å². The van der Waals surface area contributed by atoms with Gasteiger partial charge in [-0.25, -0.2) is 22.9 Å². The SMILES string of the molecule is Cc1nonc1C(=O)N[C@H](c1cn2ncc([C@H](NC(=O)[C@H](C)C3CCC3)C3CC3)cc2n1)C1CCC(F)(F)CC1. The lowest BCUT2D eigenvalue weighted by molar-refractivity contribution is -0.128. The lowest BCUT2D eigenvalue weighted by atomic mass is 9.76. The molecule has 3 aliphatic carbocycles. The van der Waals surface area contributed by atoms with Crippen LogP contribution in [0.25, 0.3) is 5.65 Å². The van der Waals surface area contributed by atoms with Crippen LogP contribution in [0.4, 0.5) is 8.78 Å². The predicted octanol–water partition coefficient (Wildman–Crippen LogP) is 4.72. The van der Waals surface area contributed by atoms with Gasteiger partial charge in [0.1, 0.15) is 5.69 Å². The Morgan fingerprint density at radius 3 is 2.38 bits per heavy atom. The quantitative estimate of drug-likeness (QED) is 0.391. The molecule has 2 N–H and O–H groups in total. The second-order valence-electron chi connectivity index (χ2n) is 11.9. The van der Waals surface area contributed by atoms with Crippen LogP contribution in [0.3, 0.4) is 0 Å². The molecule has 0 spiro atoms. The number of fused-ring (bicyclic) bond motifs is 1. The molecule has 0 bridgehead atoms. The average molecular weight is 556 g/mol. The van der Waals surface area contributed by atoms with Gasteiger partial charge in [0, 0.05) is 18.8 Å². The van der Waals surface area contributed by atoms with Gasteiger partial charge in [-0.15, -0.1) is 0 Å². The minimum Gasteiger partial charge on any atom is -0.349 e. The Labute approximate surface area is 230 Å². The van der Waals surface area contributed by atoms with Gasteiger partial charge in [0.15, 0.2) is 11.3 Å². The largest absolute Gasteiger partial charge is 0.349 e. The first-order chi connectivity index (χ1) is 19.2. The van der Waals surface area contributed by atoms with E-state index in [1.165, 1.54) is 6.42 Å². The molecule has 6 rings (SSSR count). The maximum absolute atomic E-state index is 14.0. The normalized spacial score (nSPS) is 21.9. The van der Waals surface area contributed by atoms with Gasteiger partial charge in [-0.1, -0.05) is 18.5 Å². The zero-order chi connectivity index (χ0) is 28.0. The molecule has 3 aromatic rings. The fourth-order valence-corrected chi connectivity index (χ4v) is 6.05. The van der Waals surface area contributed by atoms with Crippen molar-refractivity contribution >= 4 is 17.5 Å². The van der Waals surface area contributed by atoms with Crippen LogP contribution in [-0.2, 0) is 4.79 Å². The summed E-state index contributed by atoms with van der Waals surface area (Å²) in [6.07, 6.45) is 8.99. The fourth-order valence-electron chi connectivity index (χ4n) is 6.05. The van der Waals surface area contributed by atoms with Crippen molar-refractivity contribution in [2.24, 2.45) is 23.7 Å². The van der Waals surface area contributed by atoms with E-state index in [1.54, 1.807) is 23.8 Å². The number of hydrogen-bond acceptors (Lipinski definition) is 7. The van der Waals surface area contributed by atoms with Crippen molar-refractivity contribution < 1.29 is 23.0 Å². The molecule has 3 aliphatic rings. The van der Waals surface area contributed by atoms with Gasteiger partial charge in [0.05, 0.1) is 30.2 Å². The average Bonchev–Trinajstić information content (AvgIpc) is 3.50. The van der Waals surface area contributed by atoms with Crippen LogP contribution in [0.15, 0.2) is 23.1 Å². The molecule has 214 valence electrons. The Morgan fingerprint density at radius 1 is 1.02 bits per heavy atom. The summed E-state index contributed by atoms with van der Waals surface area (Å²) in [5.74, 6) is -2.54. The smallest absolute Gasteiger partial charge is 0.276 e. The van der Waals surface area contributed by atoms with E-state index in [4.69, 9.17) is 4.98 Å². The zero-order valence-electron chi connectivity index (χ0n) is 22.8. The zero-order valence-corrected chi connectivity index (χ0v) is 22.8. The molecule has 3 saturated carbocycles. The number of amides is 2. The Balaban J connectivity index is 1.26. The highest BCUT2D eigenvalue weighted by Crippen LogP contribution is 2.43. The number of imidazole rings is 1. The summed E-state index contributed by atoms with van der Waals surface area (Å²) in [6.45, 7) is 3.62. The minimum atomic E-state index is -2.70. The molecule has 10 nitrogen and oxygen atoms in total. The summed E-state index contributed by atoms with van der Waals surface area (Å²) in [5, 5.41) is 18.2. The third kappa shape index (κ3) is 5.44. The van der Waals surface area contributed by atoms with Gasteiger partial charge in [0.25, 0.3) is 5.91 Å². The second-order valence-corrected chi connectivity index (χ2v) is 11.9. The first kappa shape index (κ1) is 26.8. The summed E-state index contributed by atoms with van der Waals surface area (Å²) in [4.78, 5) is 30.9. The molecule has 12 heteroatoms.